The van der Waals surface area contributed by atoms with Crippen molar-refractivity contribution in [3.63, 3.8) is 0 Å². The molecule has 0 amide bonds. The molecule has 1 aromatic carbocycles. The zero-order valence-electron chi connectivity index (χ0n) is 11.5. The number of nitrogens with zero attached hydrogens (tertiary/aromatic N) is 1. The van der Waals surface area contributed by atoms with Crippen LogP contribution in [-0.2, 0) is 6.42 Å². The van der Waals surface area contributed by atoms with Crippen molar-refractivity contribution in [2.75, 3.05) is 12.3 Å². The van der Waals surface area contributed by atoms with Gasteiger partial charge in [-0.05, 0) is 30.2 Å². The quantitative estimate of drug-likeness (QED) is 0.647. The van der Waals surface area contributed by atoms with Gasteiger partial charge in [0.1, 0.15) is 5.75 Å². The van der Waals surface area contributed by atoms with Crippen LogP contribution >= 0.6 is 0 Å². The van der Waals surface area contributed by atoms with Gasteiger partial charge in [-0.15, -0.1) is 0 Å². The Balaban J connectivity index is 2.06. The van der Waals surface area contributed by atoms with Crippen LogP contribution in [0.15, 0.2) is 42.7 Å². The predicted octanol–water partition coefficient (Wildman–Crippen LogP) is 2.88. The first kappa shape index (κ1) is 14.1. The molecule has 0 atom stereocenters. The zero-order chi connectivity index (χ0) is 14.4. The average Bonchev–Trinajstić information content (AvgIpc) is 2.48. The standard InChI is InChI=1S/C16H18N2O2/c1-2-7-20-15-9-13(10-18-11-15)16(19)8-12-3-5-14(17)6-4-12/h3-6,9-11H,2,7-8,17H2,1H3. The van der Waals surface area contributed by atoms with Crippen molar-refractivity contribution in [3.05, 3.63) is 53.9 Å². The number of Topliss-reactive ketones (excluding diaryl/α,β-unsaturated/α-hetero) is 1. The molecular weight excluding hydrogens is 252 g/mol. The number of benzene rings is 1. The Kier molecular flexibility index (Phi) is 4.71. The molecule has 0 aliphatic rings. The van der Waals surface area contributed by atoms with Crippen LogP contribution < -0.4 is 10.5 Å². The third-order valence-electron chi connectivity index (χ3n) is 2.85. The van der Waals surface area contributed by atoms with Gasteiger partial charge in [0.25, 0.3) is 0 Å². The lowest BCUT2D eigenvalue weighted by atomic mass is 10.0. The second-order valence-corrected chi connectivity index (χ2v) is 4.60. The Morgan fingerprint density at radius 2 is 2.00 bits per heavy atom. The summed E-state index contributed by atoms with van der Waals surface area (Å²) >= 11 is 0. The highest BCUT2D eigenvalue weighted by Gasteiger charge is 2.09. The number of ether oxygens (including phenoxy) is 1. The monoisotopic (exact) mass is 270 g/mol. The van der Waals surface area contributed by atoms with Crippen LogP contribution in [0, 0.1) is 0 Å². The highest BCUT2D eigenvalue weighted by molar-refractivity contribution is 5.97. The fraction of sp³-hybridized carbons (Fsp3) is 0.250. The molecule has 2 rings (SSSR count). The maximum Gasteiger partial charge on any atom is 0.168 e. The number of rotatable bonds is 6. The molecule has 4 nitrogen and oxygen atoms in total. The van der Waals surface area contributed by atoms with Gasteiger partial charge in [0.15, 0.2) is 5.78 Å². The van der Waals surface area contributed by atoms with E-state index in [9.17, 15) is 4.79 Å². The van der Waals surface area contributed by atoms with E-state index in [1.54, 1.807) is 30.6 Å². The molecule has 0 aliphatic heterocycles. The summed E-state index contributed by atoms with van der Waals surface area (Å²) in [4.78, 5) is 16.2. The van der Waals surface area contributed by atoms with Crippen LogP contribution in [0.5, 0.6) is 5.75 Å². The molecule has 0 radical (unpaired) electrons. The van der Waals surface area contributed by atoms with Crippen LogP contribution in [0.2, 0.25) is 0 Å². The fourth-order valence-electron chi connectivity index (χ4n) is 1.79. The first-order valence-corrected chi connectivity index (χ1v) is 6.64. The highest BCUT2D eigenvalue weighted by atomic mass is 16.5. The van der Waals surface area contributed by atoms with E-state index in [1.807, 2.05) is 19.1 Å². The van der Waals surface area contributed by atoms with E-state index in [0.29, 0.717) is 30.0 Å². The number of carbonyl (C=O) groups is 1. The minimum Gasteiger partial charge on any atom is -0.492 e. The SMILES string of the molecule is CCCOc1cncc(C(=O)Cc2ccc(N)cc2)c1. The third kappa shape index (κ3) is 3.82. The smallest absolute Gasteiger partial charge is 0.168 e. The maximum atomic E-state index is 12.2. The molecule has 1 aromatic heterocycles. The molecular formula is C16H18N2O2. The Labute approximate surface area is 118 Å². The average molecular weight is 270 g/mol. The van der Waals surface area contributed by atoms with Crippen LogP contribution in [-0.4, -0.2) is 17.4 Å². The number of nitrogens with two attached hydrogens (primary N) is 1. The molecule has 0 saturated carbocycles. The van der Waals surface area contributed by atoms with Gasteiger partial charge in [0.2, 0.25) is 0 Å². The maximum absolute atomic E-state index is 12.2. The lowest BCUT2D eigenvalue weighted by Crippen LogP contribution is -2.05. The first-order chi connectivity index (χ1) is 9.69. The summed E-state index contributed by atoms with van der Waals surface area (Å²) in [6.45, 7) is 2.65. The van der Waals surface area contributed by atoms with E-state index in [2.05, 4.69) is 4.98 Å². The molecule has 0 fully saturated rings. The molecule has 20 heavy (non-hydrogen) atoms. The van der Waals surface area contributed by atoms with Crippen LogP contribution in [0.3, 0.4) is 0 Å². The second-order valence-electron chi connectivity index (χ2n) is 4.60. The van der Waals surface area contributed by atoms with E-state index in [0.717, 1.165) is 12.0 Å². The second kappa shape index (κ2) is 6.70. The van der Waals surface area contributed by atoms with E-state index < -0.39 is 0 Å². The summed E-state index contributed by atoms with van der Waals surface area (Å²) in [5, 5.41) is 0. The van der Waals surface area contributed by atoms with Gasteiger partial charge in [-0.1, -0.05) is 19.1 Å². The number of anilines is 1. The molecule has 1 heterocycles. The molecule has 104 valence electrons. The summed E-state index contributed by atoms with van der Waals surface area (Å²) < 4.78 is 5.48. The molecule has 2 aromatic rings. The topological polar surface area (TPSA) is 65.2 Å². The fourth-order valence-corrected chi connectivity index (χ4v) is 1.79. The molecule has 0 saturated heterocycles. The molecule has 0 aliphatic carbocycles. The van der Waals surface area contributed by atoms with E-state index in [4.69, 9.17) is 10.5 Å². The van der Waals surface area contributed by atoms with Gasteiger partial charge in [-0.3, -0.25) is 9.78 Å². The van der Waals surface area contributed by atoms with Crippen LogP contribution in [0.1, 0.15) is 29.3 Å². The first-order valence-electron chi connectivity index (χ1n) is 6.64. The number of carbonyl (C=O) groups excluding carboxylic acids is 1. The van der Waals surface area contributed by atoms with Crippen molar-refractivity contribution in [2.24, 2.45) is 0 Å². The van der Waals surface area contributed by atoms with E-state index in [1.165, 1.54) is 0 Å². The Hall–Kier alpha value is -2.36. The Morgan fingerprint density at radius 1 is 1.25 bits per heavy atom. The summed E-state index contributed by atoms with van der Waals surface area (Å²) in [5.74, 6) is 0.652. The summed E-state index contributed by atoms with van der Waals surface area (Å²) in [5.41, 5.74) is 7.82. The lowest BCUT2D eigenvalue weighted by Gasteiger charge is -2.06. The molecule has 2 N–H and O–H groups in total. The molecule has 0 spiro atoms. The van der Waals surface area contributed by atoms with Gasteiger partial charge < -0.3 is 10.5 Å². The van der Waals surface area contributed by atoms with Crippen molar-refractivity contribution < 1.29 is 9.53 Å². The van der Waals surface area contributed by atoms with Gasteiger partial charge in [-0.2, -0.15) is 0 Å². The highest BCUT2D eigenvalue weighted by Crippen LogP contribution is 2.14. The van der Waals surface area contributed by atoms with Gasteiger partial charge in [0, 0.05) is 23.9 Å². The van der Waals surface area contributed by atoms with Gasteiger partial charge in [0.05, 0.1) is 12.8 Å². The number of nitrogen functional groups attached to an aromatic ring is 1. The summed E-state index contributed by atoms with van der Waals surface area (Å²) in [6.07, 6.45) is 4.44. The zero-order valence-corrected chi connectivity index (χ0v) is 11.5. The van der Waals surface area contributed by atoms with Gasteiger partial charge >= 0.3 is 0 Å². The van der Waals surface area contributed by atoms with E-state index >= 15 is 0 Å². The van der Waals surface area contributed by atoms with Crippen molar-refractivity contribution in [1.29, 1.82) is 0 Å². The number of aromatic nitrogens is 1. The number of hydrogen-bond donors (Lipinski definition) is 1. The number of pyridine rings is 1. The lowest BCUT2D eigenvalue weighted by molar-refractivity contribution is 0.0992. The predicted molar refractivity (Wildman–Crippen MR) is 78.9 cm³/mol. The van der Waals surface area contributed by atoms with Crippen molar-refractivity contribution in [1.82, 2.24) is 4.98 Å². The Bertz CT molecular complexity index is 579. The van der Waals surface area contributed by atoms with E-state index in [-0.39, 0.29) is 5.78 Å². The number of hydrogen-bond acceptors (Lipinski definition) is 4. The molecule has 0 bridgehead atoms. The van der Waals surface area contributed by atoms with Crippen molar-refractivity contribution in [3.8, 4) is 5.75 Å². The van der Waals surface area contributed by atoms with Gasteiger partial charge in [-0.25, -0.2) is 0 Å². The molecule has 0 unspecified atom stereocenters. The summed E-state index contributed by atoms with van der Waals surface area (Å²) in [6, 6.07) is 9.04. The normalized spacial score (nSPS) is 10.2. The minimum atomic E-state index is 0.0178. The van der Waals surface area contributed by atoms with Crippen LogP contribution in [0.4, 0.5) is 5.69 Å². The Morgan fingerprint density at radius 3 is 2.70 bits per heavy atom. The number of ketones is 1. The molecule has 4 heteroatoms. The van der Waals surface area contributed by atoms with Crippen LogP contribution in [0.25, 0.3) is 0 Å². The summed E-state index contributed by atoms with van der Waals surface area (Å²) in [7, 11) is 0. The minimum absolute atomic E-state index is 0.0178. The third-order valence-corrected chi connectivity index (χ3v) is 2.85. The van der Waals surface area contributed by atoms with Crippen molar-refractivity contribution >= 4 is 11.5 Å². The largest absolute Gasteiger partial charge is 0.492 e. The van der Waals surface area contributed by atoms with Crippen molar-refractivity contribution in [2.45, 2.75) is 19.8 Å².